The minimum atomic E-state index is -0.135. The maximum Gasteiger partial charge on any atom is 0.157 e. The molecule has 1 aliphatic carbocycles. The molecular formula is C17H23FN2S. The van der Waals surface area contributed by atoms with Crippen LogP contribution in [-0.2, 0) is 0 Å². The van der Waals surface area contributed by atoms with E-state index in [9.17, 15) is 4.39 Å². The average molecular weight is 306 g/mol. The van der Waals surface area contributed by atoms with Crippen LogP contribution in [0.15, 0.2) is 23.2 Å². The molecule has 1 saturated carbocycles. The molecule has 114 valence electrons. The molecule has 0 saturated heterocycles. The van der Waals surface area contributed by atoms with Crippen molar-refractivity contribution in [3.05, 3.63) is 35.1 Å². The molecule has 4 heteroatoms. The molecule has 3 rings (SSSR count). The number of amidine groups is 1. The van der Waals surface area contributed by atoms with E-state index in [1.807, 2.05) is 23.9 Å². The molecule has 0 radical (unpaired) electrons. The number of hydrogen-bond acceptors (Lipinski definition) is 3. The summed E-state index contributed by atoms with van der Waals surface area (Å²) in [6.45, 7) is 4.81. The second kappa shape index (κ2) is 5.99. The van der Waals surface area contributed by atoms with Gasteiger partial charge in [-0.1, -0.05) is 36.7 Å². The highest BCUT2D eigenvalue weighted by molar-refractivity contribution is 8.13. The van der Waals surface area contributed by atoms with Gasteiger partial charge in [-0.15, -0.1) is 0 Å². The maximum atomic E-state index is 13.7. The topological polar surface area (TPSA) is 24.4 Å². The van der Waals surface area contributed by atoms with Gasteiger partial charge >= 0.3 is 0 Å². The number of aliphatic imine (C=N–C) groups is 1. The van der Waals surface area contributed by atoms with E-state index >= 15 is 0 Å². The number of aryl methyl sites for hydroxylation is 1. The zero-order valence-electron chi connectivity index (χ0n) is 12.8. The van der Waals surface area contributed by atoms with Crippen molar-refractivity contribution < 1.29 is 4.39 Å². The van der Waals surface area contributed by atoms with Gasteiger partial charge in [0.25, 0.3) is 0 Å². The van der Waals surface area contributed by atoms with Crippen LogP contribution < -0.4 is 5.32 Å². The second-order valence-corrected chi connectivity index (χ2v) is 7.46. The summed E-state index contributed by atoms with van der Waals surface area (Å²) >= 11 is 1.83. The zero-order valence-corrected chi connectivity index (χ0v) is 13.6. The van der Waals surface area contributed by atoms with Crippen molar-refractivity contribution in [2.45, 2.75) is 45.6 Å². The monoisotopic (exact) mass is 306 g/mol. The van der Waals surface area contributed by atoms with Gasteiger partial charge in [-0.25, -0.2) is 4.39 Å². The highest BCUT2D eigenvalue weighted by Gasteiger charge is 2.36. The maximum absolute atomic E-state index is 13.7. The van der Waals surface area contributed by atoms with Gasteiger partial charge in [0.2, 0.25) is 0 Å². The highest BCUT2D eigenvalue weighted by atomic mass is 32.2. The molecular weight excluding hydrogens is 283 g/mol. The van der Waals surface area contributed by atoms with E-state index in [1.54, 1.807) is 13.0 Å². The van der Waals surface area contributed by atoms with E-state index in [0.717, 1.165) is 17.3 Å². The van der Waals surface area contributed by atoms with E-state index in [4.69, 9.17) is 4.99 Å². The fourth-order valence-electron chi connectivity index (χ4n) is 3.21. The molecule has 1 fully saturated rings. The molecule has 0 aromatic heterocycles. The standard InChI is InChI=1S/C17H23FN2S/c1-12-5-6-14(9-15(12)18)13(2)20-16-19-10-17(11-21-16)7-3-4-8-17/h5-6,9,13H,3-4,7-8,10-11H2,1-2H3,(H,19,20). The van der Waals surface area contributed by atoms with Gasteiger partial charge < -0.3 is 5.32 Å². The first-order chi connectivity index (χ1) is 10.1. The summed E-state index contributed by atoms with van der Waals surface area (Å²) in [7, 11) is 0. The number of thioether (sulfide) groups is 1. The van der Waals surface area contributed by atoms with Crippen LogP contribution >= 0.6 is 11.8 Å². The number of benzene rings is 1. The Hall–Kier alpha value is -1.03. The number of nitrogens with zero attached hydrogens (tertiary/aromatic N) is 1. The highest BCUT2D eigenvalue weighted by Crippen LogP contribution is 2.43. The van der Waals surface area contributed by atoms with Crippen LogP contribution in [0.3, 0.4) is 0 Å². The lowest BCUT2D eigenvalue weighted by atomic mass is 9.89. The third-order valence-corrected chi connectivity index (χ3v) is 6.05. The van der Waals surface area contributed by atoms with Crippen LogP contribution in [0.5, 0.6) is 0 Å². The molecule has 1 spiro atoms. The quantitative estimate of drug-likeness (QED) is 0.873. The third-order valence-electron chi connectivity index (χ3n) is 4.77. The van der Waals surface area contributed by atoms with Gasteiger partial charge in [-0.2, -0.15) is 0 Å². The molecule has 1 aliphatic heterocycles. The lowest BCUT2D eigenvalue weighted by molar-refractivity contribution is 0.358. The first-order valence-electron chi connectivity index (χ1n) is 7.78. The van der Waals surface area contributed by atoms with Crippen LogP contribution in [0, 0.1) is 18.2 Å². The van der Waals surface area contributed by atoms with Crippen LogP contribution in [0.1, 0.15) is 49.8 Å². The molecule has 0 amide bonds. The fraction of sp³-hybridized carbons (Fsp3) is 0.588. The molecule has 1 N–H and O–H groups in total. The second-order valence-electron chi connectivity index (χ2n) is 6.49. The summed E-state index contributed by atoms with van der Waals surface area (Å²) in [6, 6.07) is 5.54. The van der Waals surface area contributed by atoms with Crippen molar-refractivity contribution in [3.63, 3.8) is 0 Å². The van der Waals surface area contributed by atoms with Gasteiger partial charge in [0.15, 0.2) is 5.17 Å². The molecule has 1 aromatic carbocycles. The first kappa shape index (κ1) is 14.9. The van der Waals surface area contributed by atoms with Gasteiger partial charge in [0.1, 0.15) is 5.82 Å². The van der Waals surface area contributed by atoms with Gasteiger partial charge in [0, 0.05) is 12.3 Å². The predicted octanol–water partition coefficient (Wildman–Crippen LogP) is 4.45. The van der Waals surface area contributed by atoms with E-state index in [0.29, 0.717) is 11.0 Å². The molecule has 2 aliphatic rings. The lowest BCUT2D eigenvalue weighted by Gasteiger charge is -2.32. The van der Waals surface area contributed by atoms with E-state index < -0.39 is 0 Å². The smallest absolute Gasteiger partial charge is 0.157 e. The van der Waals surface area contributed by atoms with E-state index in [1.165, 1.54) is 31.4 Å². The summed E-state index contributed by atoms with van der Waals surface area (Å²) in [5.74, 6) is 1.04. The van der Waals surface area contributed by atoms with Crippen LogP contribution in [-0.4, -0.2) is 17.5 Å². The number of rotatable bonds is 2. The minimum absolute atomic E-state index is 0.0870. The molecule has 21 heavy (non-hydrogen) atoms. The largest absolute Gasteiger partial charge is 0.358 e. The lowest BCUT2D eigenvalue weighted by Crippen LogP contribution is -2.34. The Bertz CT molecular complexity index is 550. The number of nitrogens with one attached hydrogen (secondary N) is 1. The number of halogens is 1. The SMILES string of the molecule is Cc1ccc(C(C)NC2=NCC3(CCCC3)CS2)cc1F. The Morgan fingerprint density at radius 1 is 1.33 bits per heavy atom. The summed E-state index contributed by atoms with van der Waals surface area (Å²) in [4.78, 5) is 4.74. The van der Waals surface area contributed by atoms with Crippen LogP contribution in [0.25, 0.3) is 0 Å². The van der Waals surface area contributed by atoms with E-state index in [2.05, 4.69) is 12.2 Å². The van der Waals surface area contributed by atoms with Crippen molar-refractivity contribution in [2.75, 3.05) is 12.3 Å². The van der Waals surface area contributed by atoms with Crippen molar-refractivity contribution >= 4 is 16.9 Å². The molecule has 1 aromatic rings. The predicted molar refractivity (Wildman–Crippen MR) is 88.3 cm³/mol. The van der Waals surface area contributed by atoms with Crippen molar-refractivity contribution in [3.8, 4) is 0 Å². The first-order valence-corrected chi connectivity index (χ1v) is 8.76. The Labute approximate surface area is 130 Å². The van der Waals surface area contributed by atoms with E-state index in [-0.39, 0.29) is 11.9 Å². The van der Waals surface area contributed by atoms with Crippen molar-refractivity contribution in [1.82, 2.24) is 5.32 Å². The molecule has 1 atom stereocenters. The zero-order chi connectivity index (χ0) is 14.9. The minimum Gasteiger partial charge on any atom is -0.358 e. The van der Waals surface area contributed by atoms with Crippen LogP contribution in [0.4, 0.5) is 4.39 Å². The van der Waals surface area contributed by atoms with Crippen molar-refractivity contribution in [2.24, 2.45) is 10.4 Å². The Balaban J connectivity index is 1.63. The number of hydrogen-bond donors (Lipinski definition) is 1. The summed E-state index contributed by atoms with van der Waals surface area (Å²) in [5.41, 5.74) is 2.13. The average Bonchev–Trinajstić information content (AvgIpc) is 2.93. The van der Waals surface area contributed by atoms with Crippen LogP contribution in [0.2, 0.25) is 0 Å². The molecule has 1 heterocycles. The Kier molecular flexibility index (Phi) is 4.25. The Morgan fingerprint density at radius 3 is 2.71 bits per heavy atom. The molecule has 0 bridgehead atoms. The van der Waals surface area contributed by atoms with Gasteiger partial charge in [-0.05, 0) is 49.3 Å². The molecule has 1 unspecified atom stereocenters. The Morgan fingerprint density at radius 2 is 2.10 bits per heavy atom. The van der Waals surface area contributed by atoms with Gasteiger partial charge in [-0.3, -0.25) is 4.99 Å². The fourth-order valence-corrected chi connectivity index (χ4v) is 4.45. The summed E-state index contributed by atoms with van der Waals surface area (Å²) in [6.07, 6.45) is 5.38. The van der Waals surface area contributed by atoms with Gasteiger partial charge in [0.05, 0.1) is 6.04 Å². The summed E-state index contributed by atoms with van der Waals surface area (Å²) in [5, 5.41) is 4.45. The summed E-state index contributed by atoms with van der Waals surface area (Å²) < 4.78 is 13.7. The third kappa shape index (κ3) is 3.25. The molecule has 2 nitrogen and oxygen atoms in total. The normalized spacial score (nSPS) is 22.1. The van der Waals surface area contributed by atoms with Crippen molar-refractivity contribution in [1.29, 1.82) is 0 Å².